The van der Waals surface area contributed by atoms with Crippen LogP contribution >= 0.6 is 12.2 Å². The maximum absolute atomic E-state index is 4.95. The third-order valence-corrected chi connectivity index (χ3v) is 2.44. The van der Waals surface area contributed by atoms with E-state index in [0.717, 1.165) is 31.0 Å². The first-order chi connectivity index (χ1) is 7.74. The Morgan fingerprint density at radius 2 is 2.06 bits per heavy atom. The van der Waals surface area contributed by atoms with Crippen LogP contribution in [0, 0.1) is 6.92 Å². The van der Waals surface area contributed by atoms with E-state index in [4.69, 9.17) is 12.2 Å². The number of aryl methyl sites for hydroxylation is 1. The predicted molar refractivity (Wildman–Crippen MR) is 68.1 cm³/mol. The van der Waals surface area contributed by atoms with E-state index < -0.39 is 0 Å². The van der Waals surface area contributed by atoms with Gasteiger partial charge in [-0.2, -0.15) is 0 Å². The molecule has 0 bridgehead atoms. The van der Waals surface area contributed by atoms with Gasteiger partial charge in [0.2, 0.25) is 0 Å². The van der Waals surface area contributed by atoms with Crippen LogP contribution in [0.25, 0.3) is 0 Å². The van der Waals surface area contributed by atoms with Crippen LogP contribution in [0.4, 0.5) is 0 Å². The van der Waals surface area contributed by atoms with Crippen LogP contribution in [-0.2, 0) is 6.54 Å². The summed E-state index contributed by atoms with van der Waals surface area (Å²) >= 11 is 4.95. The standard InChI is InChI=1S/C10H17N5S/c1-8-9(14-6-5-13-8)7-12-3-4-15-10(16)11-2/h5-6,12H,3-4,7H2,1-2H3,(H2,11,15,16). The van der Waals surface area contributed by atoms with Crippen molar-refractivity contribution in [1.82, 2.24) is 25.9 Å². The summed E-state index contributed by atoms with van der Waals surface area (Å²) in [5, 5.41) is 9.84. The molecule has 6 heteroatoms. The molecular weight excluding hydrogens is 222 g/mol. The highest BCUT2D eigenvalue weighted by molar-refractivity contribution is 7.80. The zero-order chi connectivity index (χ0) is 11.8. The Kier molecular flexibility index (Phi) is 5.66. The third kappa shape index (κ3) is 4.50. The molecule has 0 fully saturated rings. The van der Waals surface area contributed by atoms with Gasteiger partial charge in [0.25, 0.3) is 0 Å². The molecule has 1 heterocycles. The van der Waals surface area contributed by atoms with Gasteiger partial charge in [0, 0.05) is 39.1 Å². The van der Waals surface area contributed by atoms with Crippen molar-refractivity contribution in [3.8, 4) is 0 Å². The number of rotatable bonds is 5. The molecule has 0 unspecified atom stereocenters. The van der Waals surface area contributed by atoms with Crippen LogP contribution < -0.4 is 16.0 Å². The van der Waals surface area contributed by atoms with Crippen molar-refractivity contribution < 1.29 is 0 Å². The van der Waals surface area contributed by atoms with E-state index in [1.807, 2.05) is 6.92 Å². The summed E-state index contributed by atoms with van der Waals surface area (Å²) in [5.41, 5.74) is 1.95. The Bertz CT molecular complexity index is 342. The minimum absolute atomic E-state index is 0.664. The minimum atomic E-state index is 0.664. The van der Waals surface area contributed by atoms with Crippen molar-refractivity contribution in [3.63, 3.8) is 0 Å². The van der Waals surface area contributed by atoms with E-state index in [0.29, 0.717) is 5.11 Å². The number of aromatic nitrogens is 2. The van der Waals surface area contributed by atoms with Gasteiger partial charge in [-0.25, -0.2) is 0 Å². The fourth-order valence-electron chi connectivity index (χ4n) is 1.17. The summed E-state index contributed by atoms with van der Waals surface area (Å²) in [6.45, 7) is 4.31. The number of hydrogen-bond donors (Lipinski definition) is 3. The minimum Gasteiger partial charge on any atom is -0.366 e. The van der Waals surface area contributed by atoms with E-state index >= 15 is 0 Å². The molecule has 3 N–H and O–H groups in total. The zero-order valence-corrected chi connectivity index (χ0v) is 10.4. The second-order valence-electron chi connectivity index (χ2n) is 3.27. The van der Waals surface area contributed by atoms with Crippen molar-refractivity contribution in [3.05, 3.63) is 23.8 Å². The molecule has 0 aliphatic rings. The van der Waals surface area contributed by atoms with Gasteiger partial charge in [0.05, 0.1) is 11.4 Å². The first-order valence-electron chi connectivity index (χ1n) is 5.17. The normalized spacial score (nSPS) is 9.88. The molecule has 1 aromatic heterocycles. The average molecular weight is 239 g/mol. The van der Waals surface area contributed by atoms with E-state index in [2.05, 4.69) is 25.9 Å². The van der Waals surface area contributed by atoms with Gasteiger partial charge in [0.1, 0.15) is 0 Å². The van der Waals surface area contributed by atoms with Crippen molar-refractivity contribution in [2.75, 3.05) is 20.1 Å². The highest BCUT2D eigenvalue weighted by Crippen LogP contribution is 1.97. The van der Waals surface area contributed by atoms with Gasteiger partial charge in [-0.15, -0.1) is 0 Å². The Labute approximate surface area is 101 Å². The molecule has 0 aliphatic heterocycles. The highest BCUT2D eigenvalue weighted by atomic mass is 32.1. The van der Waals surface area contributed by atoms with Crippen molar-refractivity contribution in [1.29, 1.82) is 0 Å². The molecular formula is C10H17N5S. The first-order valence-corrected chi connectivity index (χ1v) is 5.57. The molecule has 1 rings (SSSR count). The lowest BCUT2D eigenvalue weighted by Crippen LogP contribution is -2.37. The molecule has 1 aromatic rings. The van der Waals surface area contributed by atoms with Gasteiger partial charge in [-0.3, -0.25) is 9.97 Å². The van der Waals surface area contributed by atoms with Crippen molar-refractivity contribution in [2.24, 2.45) is 0 Å². The monoisotopic (exact) mass is 239 g/mol. The molecule has 0 aromatic carbocycles. The fourth-order valence-corrected chi connectivity index (χ4v) is 1.27. The molecule has 0 spiro atoms. The van der Waals surface area contributed by atoms with Crippen LogP contribution in [0.2, 0.25) is 0 Å². The van der Waals surface area contributed by atoms with Gasteiger partial charge in [-0.1, -0.05) is 0 Å². The SMILES string of the molecule is CNC(=S)NCCNCc1nccnc1C. The Hall–Kier alpha value is -1.27. The summed E-state index contributed by atoms with van der Waals surface area (Å²) in [6.07, 6.45) is 3.41. The Morgan fingerprint density at radius 1 is 1.31 bits per heavy atom. The molecule has 88 valence electrons. The third-order valence-electron chi connectivity index (χ3n) is 2.09. The van der Waals surface area contributed by atoms with Crippen LogP contribution in [-0.4, -0.2) is 35.2 Å². The topological polar surface area (TPSA) is 61.9 Å². The lowest BCUT2D eigenvalue weighted by molar-refractivity contribution is 0.654. The molecule has 5 nitrogen and oxygen atoms in total. The predicted octanol–water partition coefficient (Wildman–Crippen LogP) is -0.0315. The second kappa shape index (κ2) is 7.08. The molecule has 0 radical (unpaired) electrons. The second-order valence-corrected chi connectivity index (χ2v) is 3.68. The summed E-state index contributed by atoms with van der Waals surface area (Å²) in [4.78, 5) is 8.41. The van der Waals surface area contributed by atoms with Crippen molar-refractivity contribution in [2.45, 2.75) is 13.5 Å². The maximum Gasteiger partial charge on any atom is 0.166 e. The zero-order valence-electron chi connectivity index (χ0n) is 9.58. The van der Waals surface area contributed by atoms with Crippen LogP contribution in [0.15, 0.2) is 12.4 Å². The summed E-state index contributed by atoms with van der Waals surface area (Å²) in [6, 6.07) is 0. The molecule has 0 saturated heterocycles. The van der Waals surface area contributed by atoms with Crippen LogP contribution in [0.5, 0.6) is 0 Å². The van der Waals surface area contributed by atoms with E-state index in [1.54, 1.807) is 19.4 Å². The van der Waals surface area contributed by atoms with Crippen molar-refractivity contribution >= 4 is 17.3 Å². The van der Waals surface area contributed by atoms with Gasteiger partial charge >= 0.3 is 0 Å². The van der Waals surface area contributed by atoms with Gasteiger partial charge < -0.3 is 16.0 Å². The molecule has 0 aliphatic carbocycles. The number of nitrogens with one attached hydrogen (secondary N) is 3. The van der Waals surface area contributed by atoms with Gasteiger partial charge in [-0.05, 0) is 19.1 Å². The fraction of sp³-hybridized carbons (Fsp3) is 0.500. The van der Waals surface area contributed by atoms with E-state index in [9.17, 15) is 0 Å². The quantitative estimate of drug-likeness (QED) is 0.495. The highest BCUT2D eigenvalue weighted by Gasteiger charge is 1.98. The number of nitrogens with zero attached hydrogens (tertiary/aromatic N) is 2. The largest absolute Gasteiger partial charge is 0.366 e. The average Bonchev–Trinajstić information content (AvgIpc) is 2.30. The Morgan fingerprint density at radius 3 is 2.75 bits per heavy atom. The summed E-state index contributed by atoms with van der Waals surface area (Å²) in [7, 11) is 1.80. The molecule has 0 amide bonds. The first kappa shape index (κ1) is 12.8. The number of thiocarbonyl (C=S) groups is 1. The summed E-state index contributed by atoms with van der Waals surface area (Å²) < 4.78 is 0. The maximum atomic E-state index is 4.95. The smallest absolute Gasteiger partial charge is 0.166 e. The van der Waals surface area contributed by atoms with Crippen LogP contribution in [0.3, 0.4) is 0 Å². The molecule has 0 saturated carbocycles. The molecule has 0 atom stereocenters. The summed E-state index contributed by atoms with van der Waals surface area (Å²) in [5.74, 6) is 0. The lowest BCUT2D eigenvalue weighted by atomic mass is 10.3. The molecule has 16 heavy (non-hydrogen) atoms. The van der Waals surface area contributed by atoms with Gasteiger partial charge in [0.15, 0.2) is 5.11 Å². The van der Waals surface area contributed by atoms with Crippen LogP contribution in [0.1, 0.15) is 11.4 Å². The Balaban J connectivity index is 2.17. The van der Waals surface area contributed by atoms with E-state index in [-0.39, 0.29) is 0 Å². The lowest BCUT2D eigenvalue weighted by Gasteiger charge is -2.08. The van der Waals surface area contributed by atoms with E-state index in [1.165, 1.54) is 0 Å². The number of hydrogen-bond acceptors (Lipinski definition) is 4.